The molecule has 0 aliphatic carbocycles. The molecular formula is C13H21N3O2. The van der Waals surface area contributed by atoms with Crippen LogP contribution < -0.4 is 11.1 Å². The lowest BCUT2D eigenvalue weighted by molar-refractivity contribution is 0.0602. The van der Waals surface area contributed by atoms with Crippen LogP contribution >= 0.6 is 0 Å². The summed E-state index contributed by atoms with van der Waals surface area (Å²) in [5, 5.41) is 3.27. The van der Waals surface area contributed by atoms with Crippen molar-refractivity contribution < 1.29 is 9.53 Å². The van der Waals surface area contributed by atoms with E-state index in [1.54, 1.807) is 12.3 Å². The van der Waals surface area contributed by atoms with Crippen LogP contribution in [0, 0.1) is 5.92 Å². The summed E-state index contributed by atoms with van der Waals surface area (Å²) in [6.07, 6.45) is 2.51. The zero-order chi connectivity index (χ0) is 13.7. The first kappa shape index (κ1) is 14.3. The van der Waals surface area contributed by atoms with Crippen LogP contribution in [0.5, 0.6) is 0 Å². The van der Waals surface area contributed by atoms with Gasteiger partial charge in [0, 0.05) is 12.2 Å². The summed E-state index contributed by atoms with van der Waals surface area (Å²) in [5.41, 5.74) is 6.61. The summed E-state index contributed by atoms with van der Waals surface area (Å²) >= 11 is 0. The lowest BCUT2D eigenvalue weighted by Gasteiger charge is -2.22. The number of aromatic nitrogens is 1. The molecule has 0 amide bonds. The van der Waals surface area contributed by atoms with E-state index >= 15 is 0 Å². The first-order valence-electron chi connectivity index (χ1n) is 6.10. The van der Waals surface area contributed by atoms with Crippen LogP contribution in [0.4, 0.5) is 11.5 Å². The minimum Gasteiger partial charge on any atom is -0.465 e. The molecule has 1 rings (SSSR count). The fourth-order valence-electron chi connectivity index (χ4n) is 1.79. The summed E-state index contributed by atoms with van der Waals surface area (Å²) in [4.78, 5) is 15.7. The number of carbonyl (C=O) groups excluding carboxylic acids is 1. The lowest BCUT2D eigenvalue weighted by atomic mass is 10.0. The second-order valence-corrected chi connectivity index (χ2v) is 4.52. The van der Waals surface area contributed by atoms with Crippen LogP contribution in [0.2, 0.25) is 0 Å². The van der Waals surface area contributed by atoms with Gasteiger partial charge in [-0.1, -0.05) is 20.8 Å². The molecule has 18 heavy (non-hydrogen) atoms. The molecule has 0 radical (unpaired) electrons. The number of hydrogen-bond acceptors (Lipinski definition) is 5. The third kappa shape index (κ3) is 3.12. The van der Waals surface area contributed by atoms with Crippen LogP contribution in [0.15, 0.2) is 12.3 Å². The molecule has 3 N–H and O–H groups in total. The molecular weight excluding hydrogens is 230 g/mol. The highest BCUT2D eigenvalue weighted by Crippen LogP contribution is 2.23. The number of esters is 1. The zero-order valence-electron chi connectivity index (χ0n) is 11.4. The van der Waals surface area contributed by atoms with Crippen LogP contribution in [0.3, 0.4) is 0 Å². The molecule has 1 unspecified atom stereocenters. The molecule has 1 aromatic heterocycles. The smallest absolute Gasteiger partial charge is 0.340 e. The van der Waals surface area contributed by atoms with Gasteiger partial charge in [0.05, 0.1) is 18.4 Å². The van der Waals surface area contributed by atoms with E-state index in [9.17, 15) is 4.79 Å². The van der Waals surface area contributed by atoms with E-state index < -0.39 is 5.97 Å². The number of hydrogen-bond donors (Lipinski definition) is 2. The number of methoxy groups -OCH3 is 1. The molecule has 0 aromatic carbocycles. The number of ether oxygens (including phenoxy) is 1. The van der Waals surface area contributed by atoms with E-state index in [2.05, 4.69) is 35.8 Å². The van der Waals surface area contributed by atoms with Gasteiger partial charge in [-0.15, -0.1) is 0 Å². The van der Waals surface area contributed by atoms with Crippen molar-refractivity contribution in [3.63, 3.8) is 0 Å². The minimum absolute atomic E-state index is 0.271. The van der Waals surface area contributed by atoms with Gasteiger partial charge in [-0.2, -0.15) is 0 Å². The Morgan fingerprint density at radius 1 is 1.56 bits per heavy atom. The molecule has 0 saturated carbocycles. The van der Waals surface area contributed by atoms with Crippen molar-refractivity contribution in [2.45, 2.75) is 33.2 Å². The van der Waals surface area contributed by atoms with Crippen molar-refractivity contribution in [1.29, 1.82) is 0 Å². The number of nitrogens with one attached hydrogen (secondary N) is 1. The molecule has 0 fully saturated rings. The van der Waals surface area contributed by atoms with Gasteiger partial charge in [0.2, 0.25) is 0 Å². The topological polar surface area (TPSA) is 77.2 Å². The Morgan fingerprint density at radius 2 is 2.22 bits per heavy atom. The van der Waals surface area contributed by atoms with Gasteiger partial charge in [0.15, 0.2) is 0 Å². The summed E-state index contributed by atoms with van der Waals surface area (Å²) in [6, 6.07) is 1.83. The quantitative estimate of drug-likeness (QED) is 0.785. The summed E-state index contributed by atoms with van der Waals surface area (Å²) in [6.45, 7) is 6.35. The molecule has 0 aliphatic heterocycles. The summed E-state index contributed by atoms with van der Waals surface area (Å²) < 4.78 is 4.68. The lowest BCUT2D eigenvalue weighted by Crippen LogP contribution is -2.26. The third-order valence-corrected chi connectivity index (χ3v) is 2.96. The molecule has 100 valence electrons. The maximum absolute atomic E-state index is 11.5. The number of nitrogens with zero attached hydrogens (tertiary/aromatic N) is 1. The van der Waals surface area contributed by atoms with Crippen LogP contribution in [0.1, 0.15) is 37.6 Å². The molecule has 5 nitrogen and oxygen atoms in total. The van der Waals surface area contributed by atoms with Crippen molar-refractivity contribution in [1.82, 2.24) is 4.98 Å². The molecule has 0 bridgehead atoms. The maximum atomic E-state index is 11.5. The van der Waals surface area contributed by atoms with Crippen molar-refractivity contribution >= 4 is 17.5 Å². The zero-order valence-corrected chi connectivity index (χ0v) is 11.4. The Balaban J connectivity index is 3.00. The van der Waals surface area contributed by atoms with Gasteiger partial charge in [0.25, 0.3) is 0 Å². The van der Waals surface area contributed by atoms with Crippen LogP contribution in [-0.2, 0) is 4.74 Å². The molecule has 0 saturated heterocycles. The summed E-state index contributed by atoms with van der Waals surface area (Å²) in [7, 11) is 1.33. The van der Waals surface area contributed by atoms with Gasteiger partial charge in [-0.25, -0.2) is 9.78 Å². The van der Waals surface area contributed by atoms with Crippen molar-refractivity contribution in [3.05, 3.63) is 17.8 Å². The minimum atomic E-state index is -0.449. The van der Waals surface area contributed by atoms with E-state index in [4.69, 9.17) is 5.73 Å². The predicted octanol–water partition coefficient (Wildman–Crippen LogP) is 2.30. The molecule has 1 aromatic rings. The van der Waals surface area contributed by atoms with Gasteiger partial charge < -0.3 is 15.8 Å². The predicted molar refractivity (Wildman–Crippen MR) is 72.5 cm³/mol. The highest BCUT2D eigenvalue weighted by atomic mass is 16.5. The fourth-order valence-corrected chi connectivity index (χ4v) is 1.79. The van der Waals surface area contributed by atoms with E-state index in [1.165, 1.54) is 7.11 Å². The summed E-state index contributed by atoms with van der Waals surface area (Å²) in [5.74, 6) is 0.548. The fraction of sp³-hybridized carbons (Fsp3) is 0.538. The third-order valence-electron chi connectivity index (χ3n) is 2.96. The van der Waals surface area contributed by atoms with Crippen molar-refractivity contribution in [2.24, 2.45) is 5.92 Å². The number of carbonyl (C=O) groups is 1. The molecule has 1 heterocycles. The largest absolute Gasteiger partial charge is 0.465 e. The highest BCUT2D eigenvalue weighted by Gasteiger charge is 2.17. The highest BCUT2D eigenvalue weighted by molar-refractivity contribution is 5.97. The van der Waals surface area contributed by atoms with Gasteiger partial charge in [0.1, 0.15) is 5.82 Å². The Kier molecular flexibility index (Phi) is 4.95. The average molecular weight is 251 g/mol. The second-order valence-electron chi connectivity index (χ2n) is 4.52. The van der Waals surface area contributed by atoms with E-state index in [-0.39, 0.29) is 6.04 Å². The Morgan fingerprint density at radius 3 is 2.72 bits per heavy atom. The van der Waals surface area contributed by atoms with Gasteiger partial charge in [-0.05, 0) is 18.4 Å². The number of nitrogen functional groups attached to an aromatic ring is 1. The van der Waals surface area contributed by atoms with Gasteiger partial charge in [-0.3, -0.25) is 0 Å². The van der Waals surface area contributed by atoms with Crippen LogP contribution in [-0.4, -0.2) is 24.1 Å². The van der Waals surface area contributed by atoms with Crippen molar-refractivity contribution in [2.75, 3.05) is 18.2 Å². The van der Waals surface area contributed by atoms with Gasteiger partial charge >= 0.3 is 5.97 Å². The number of nitrogens with two attached hydrogens (primary N) is 1. The number of rotatable bonds is 5. The monoisotopic (exact) mass is 251 g/mol. The van der Waals surface area contributed by atoms with E-state index in [1.807, 2.05) is 0 Å². The SMILES string of the molecule is CCC(Nc1nccc(C(=O)OC)c1N)C(C)C. The van der Waals surface area contributed by atoms with Crippen LogP contribution in [0.25, 0.3) is 0 Å². The average Bonchev–Trinajstić information content (AvgIpc) is 2.36. The van der Waals surface area contributed by atoms with E-state index in [0.29, 0.717) is 23.0 Å². The molecule has 1 atom stereocenters. The standard InChI is InChI=1S/C13H21N3O2/c1-5-10(8(2)3)16-12-11(14)9(6-7-15-12)13(17)18-4/h6-8,10H,5,14H2,1-4H3,(H,15,16). The normalized spacial score (nSPS) is 12.3. The first-order valence-corrected chi connectivity index (χ1v) is 6.10. The second kappa shape index (κ2) is 6.23. The first-order chi connectivity index (χ1) is 8.51. The van der Waals surface area contributed by atoms with E-state index in [0.717, 1.165) is 6.42 Å². The molecule has 5 heteroatoms. The number of anilines is 2. The Hall–Kier alpha value is -1.78. The Bertz CT molecular complexity index is 419. The number of pyridine rings is 1. The molecule has 0 aliphatic rings. The Labute approximate surface area is 108 Å². The molecule has 0 spiro atoms. The maximum Gasteiger partial charge on any atom is 0.340 e. The van der Waals surface area contributed by atoms with Crippen molar-refractivity contribution in [3.8, 4) is 0 Å².